The highest BCUT2D eigenvalue weighted by atomic mass is 32.2. The summed E-state index contributed by atoms with van der Waals surface area (Å²) in [6, 6.07) is 25.1. The van der Waals surface area contributed by atoms with E-state index in [1.165, 1.54) is 21.3 Å². The summed E-state index contributed by atoms with van der Waals surface area (Å²) in [5.74, 6) is -2.04. The van der Waals surface area contributed by atoms with Crippen molar-refractivity contribution in [2.75, 3.05) is 33.7 Å². The highest BCUT2D eigenvalue weighted by Crippen LogP contribution is 2.37. The fourth-order valence-corrected chi connectivity index (χ4v) is 7.00. The lowest BCUT2D eigenvalue weighted by atomic mass is 9.94. The molecular formula is C33H38O10S. The van der Waals surface area contributed by atoms with Gasteiger partial charge in [0.15, 0.2) is 16.1 Å². The van der Waals surface area contributed by atoms with Crippen LogP contribution < -0.4 is 0 Å². The lowest BCUT2D eigenvalue weighted by Crippen LogP contribution is -2.38. The lowest BCUT2D eigenvalue weighted by molar-refractivity contribution is -0.133. The van der Waals surface area contributed by atoms with E-state index in [2.05, 4.69) is 0 Å². The maximum Gasteiger partial charge on any atom is 0.338 e. The molecule has 1 saturated heterocycles. The number of carbonyl (C=O) groups excluding carboxylic acids is 2. The van der Waals surface area contributed by atoms with Gasteiger partial charge in [0.2, 0.25) is 0 Å². The van der Waals surface area contributed by atoms with Gasteiger partial charge in [-0.05, 0) is 36.4 Å². The van der Waals surface area contributed by atoms with Gasteiger partial charge in [-0.25, -0.2) is 18.0 Å². The van der Waals surface area contributed by atoms with Gasteiger partial charge >= 0.3 is 11.9 Å². The van der Waals surface area contributed by atoms with E-state index in [0.717, 1.165) is 0 Å². The Hall–Kier alpha value is -3.61. The van der Waals surface area contributed by atoms with Gasteiger partial charge < -0.3 is 28.4 Å². The highest BCUT2D eigenvalue weighted by molar-refractivity contribution is 7.91. The number of ether oxygens (including phenoxy) is 6. The summed E-state index contributed by atoms with van der Waals surface area (Å²) in [7, 11) is 0.739. The van der Waals surface area contributed by atoms with Gasteiger partial charge in [0.25, 0.3) is 0 Å². The molecule has 0 aliphatic carbocycles. The van der Waals surface area contributed by atoms with Gasteiger partial charge in [0, 0.05) is 40.1 Å². The molecule has 0 aromatic heterocycles. The minimum Gasteiger partial charge on any atom is -0.458 e. The van der Waals surface area contributed by atoms with E-state index in [1.54, 1.807) is 91.0 Å². The van der Waals surface area contributed by atoms with Gasteiger partial charge in [-0.1, -0.05) is 54.6 Å². The molecular weight excluding hydrogens is 588 g/mol. The Morgan fingerprint density at radius 1 is 0.750 bits per heavy atom. The van der Waals surface area contributed by atoms with Crippen LogP contribution in [-0.2, 0) is 38.3 Å². The van der Waals surface area contributed by atoms with Crippen LogP contribution in [0.3, 0.4) is 0 Å². The third-order valence-electron chi connectivity index (χ3n) is 7.54. The Balaban J connectivity index is 1.58. The highest BCUT2D eigenvalue weighted by Gasteiger charge is 2.48. The summed E-state index contributed by atoms with van der Waals surface area (Å²) in [5, 5.41) is 0. The fourth-order valence-electron chi connectivity index (χ4n) is 5.32. The minimum absolute atomic E-state index is 0.0716. The Labute approximate surface area is 258 Å². The van der Waals surface area contributed by atoms with Gasteiger partial charge in [0.05, 0.1) is 40.1 Å². The number of benzene rings is 3. The van der Waals surface area contributed by atoms with Crippen molar-refractivity contribution in [3.05, 3.63) is 102 Å². The third-order valence-corrected chi connectivity index (χ3v) is 9.35. The molecule has 0 bridgehead atoms. The summed E-state index contributed by atoms with van der Waals surface area (Å²) in [6.07, 6.45) is -3.32. The summed E-state index contributed by atoms with van der Waals surface area (Å²) in [4.78, 5) is 26.0. The van der Waals surface area contributed by atoms with Crippen LogP contribution in [0.4, 0.5) is 0 Å². The molecule has 1 fully saturated rings. The largest absolute Gasteiger partial charge is 0.458 e. The van der Waals surface area contributed by atoms with E-state index in [4.69, 9.17) is 28.4 Å². The van der Waals surface area contributed by atoms with Gasteiger partial charge in [-0.15, -0.1) is 0 Å². The van der Waals surface area contributed by atoms with E-state index in [1.807, 2.05) is 0 Å². The van der Waals surface area contributed by atoms with Gasteiger partial charge in [-0.3, -0.25) is 0 Å². The van der Waals surface area contributed by atoms with Gasteiger partial charge in [-0.2, -0.15) is 0 Å². The Kier molecular flexibility index (Phi) is 12.0. The number of methoxy groups -OCH3 is 3. The quantitative estimate of drug-likeness (QED) is 0.178. The molecule has 11 heteroatoms. The van der Waals surface area contributed by atoms with Crippen molar-refractivity contribution in [1.29, 1.82) is 0 Å². The summed E-state index contributed by atoms with van der Waals surface area (Å²) < 4.78 is 61.4. The Bertz CT molecular complexity index is 1430. The van der Waals surface area contributed by atoms with Gasteiger partial charge in [0.1, 0.15) is 12.7 Å². The first kappa shape index (κ1) is 33.3. The van der Waals surface area contributed by atoms with Crippen LogP contribution >= 0.6 is 0 Å². The molecule has 1 aliphatic heterocycles. The molecule has 4 rings (SSSR count). The number of hydrogen-bond donors (Lipinski definition) is 0. The van der Waals surface area contributed by atoms with Crippen molar-refractivity contribution in [2.24, 2.45) is 5.92 Å². The SMILES string of the molecule is COC(C[C@@H]1OC(CC(COC(=O)c2ccccc2)OC(=O)c2ccccc2)[C@H](OC)[C@H]1CS(=O)(=O)c1ccccc1)OC. The molecule has 0 saturated carbocycles. The first-order chi connectivity index (χ1) is 21.2. The van der Waals surface area contributed by atoms with E-state index in [9.17, 15) is 18.0 Å². The number of esters is 2. The van der Waals surface area contributed by atoms with Crippen LogP contribution in [0.25, 0.3) is 0 Å². The molecule has 0 N–H and O–H groups in total. The van der Waals surface area contributed by atoms with Crippen molar-refractivity contribution < 1.29 is 46.4 Å². The number of hydrogen-bond acceptors (Lipinski definition) is 10. The molecule has 2 unspecified atom stereocenters. The third kappa shape index (κ3) is 8.73. The first-order valence-electron chi connectivity index (χ1n) is 14.3. The Morgan fingerprint density at radius 2 is 1.30 bits per heavy atom. The molecule has 44 heavy (non-hydrogen) atoms. The second-order valence-corrected chi connectivity index (χ2v) is 12.4. The molecule has 0 spiro atoms. The fraction of sp³-hybridized carbons (Fsp3) is 0.394. The Morgan fingerprint density at radius 3 is 1.84 bits per heavy atom. The normalized spacial score (nSPS) is 20.7. The predicted molar refractivity (Wildman–Crippen MR) is 161 cm³/mol. The smallest absolute Gasteiger partial charge is 0.338 e. The standard InChI is InChI=1S/C33H38O10S/c1-38-30(39-2)20-28-27(22-44(36,37)26-17-11-6-12-18-26)31(40-3)29(43-28)19-25(42-33(35)24-15-9-5-10-16-24)21-41-32(34)23-13-7-4-8-14-23/h4-18,25,27-31H,19-22H2,1-3H3/t25?,27-,28-,29?,31+/m0/s1. The number of carbonyl (C=O) groups is 2. The average Bonchev–Trinajstić information content (AvgIpc) is 3.37. The van der Waals surface area contributed by atoms with Crippen LogP contribution in [0, 0.1) is 5.92 Å². The van der Waals surface area contributed by atoms with Crippen molar-refractivity contribution in [3.63, 3.8) is 0 Å². The molecule has 0 radical (unpaired) electrons. The molecule has 1 heterocycles. The van der Waals surface area contributed by atoms with Crippen molar-refractivity contribution in [2.45, 2.75) is 48.4 Å². The van der Waals surface area contributed by atoms with E-state index >= 15 is 0 Å². The van der Waals surface area contributed by atoms with E-state index in [0.29, 0.717) is 11.1 Å². The summed E-state index contributed by atoms with van der Waals surface area (Å²) in [5.41, 5.74) is 0.680. The predicted octanol–water partition coefficient (Wildman–Crippen LogP) is 4.34. The number of sulfone groups is 1. The van der Waals surface area contributed by atoms with Crippen molar-refractivity contribution in [1.82, 2.24) is 0 Å². The number of rotatable bonds is 15. The van der Waals surface area contributed by atoms with Crippen LogP contribution in [-0.4, -0.2) is 84.8 Å². The molecule has 236 valence electrons. The topological polar surface area (TPSA) is 124 Å². The molecule has 3 aromatic rings. The van der Waals surface area contributed by atoms with Crippen molar-refractivity contribution >= 4 is 21.8 Å². The monoisotopic (exact) mass is 626 g/mol. The minimum atomic E-state index is -3.72. The summed E-state index contributed by atoms with van der Waals surface area (Å²) in [6.45, 7) is -0.251. The van der Waals surface area contributed by atoms with Crippen LogP contribution in [0.1, 0.15) is 33.6 Å². The molecule has 1 aliphatic rings. The van der Waals surface area contributed by atoms with Crippen LogP contribution in [0.2, 0.25) is 0 Å². The zero-order valence-corrected chi connectivity index (χ0v) is 25.8. The maximum absolute atomic E-state index is 13.5. The summed E-state index contributed by atoms with van der Waals surface area (Å²) >= 11 is 0. The zero-order valence-electron chi connectivity index (χ0n) is 24.9. The zero-order chi connectivity index (χ0) is 31.5. The lowest BCUT2D eigenvalue weighted by Gasteiger charge is -2.26. The van der Waals surface area contributed by atoms with Crippen molar-refractivity contribution in [3.8, 4) is 0 Å². The van der Waals surface area contributed by atoms with E-state index in [-0.39, 0.29) is 30.1 Å². The average molecular weight is 627 g/mol. The van der Waals surface area contributed by atoms with Crippen LogP contribution in [0.5, 0.6) is 0 Å². The molecule has 5 atom stereocenters. The molecule has 0 amide bonds. The second-order valence-electron chi connectivity index (χ2n) is 10.4. The van der Waals surface area contributed by atoms with Crippen LogP contribution in [0.15, 0.2) is 95.9 Å². The molecule has 10 nitrogen and oxygen atoms in total. The van der Waals surface area contributed by atoms with E-state index < -0.39 is 58.4 Å². The first-order valence-corrected chi connectivity index (χ1v) is 15.9. The molecule has 3 aromatic carbocycles. The maximum atomic E-state index is 13.5. The second kappa shape index (κ2) is 15.9.